The Kier molecular flexibility index (Phi) is 4.94. The maximum absolute atomic E-state index is 12.3. The first kappa shape index (κ1) is 14.6. The number of para-hydroxylation sites is 1. The van der Waals surface area contributed by atoms with Crippen LogP contribution in [0.25, 0.3) is 0 Å². The van der Waals surface area contributed by atoms with Gasteiger partial charge in [-0.25, -0.2) is 0 Å². The molecule has 1 N–H and O–H groups in total. The van der Waals surface area contributed by atoms with E-state index in [2.05, 4.69) is 6.07 Å². The molecule has 0 spiro atoms. The Balaban J connectivity index is 2.13. The van der Waals surface area contributed by atoms with E-state index in [9.17, 15) is 9.90 Å². The Labute approximate surface area is 123 Å². The molecule has 2 aromatic carbocycles. The molecule has 0 aliphatic rings. The molecule has 106 valence electrons. The minimum atomic E-state index is -0.0446. The number of rotatable bonds is 6. The zero-order valence-corrected chi connectivity index (χ0v) is 11.6. The van der Waals surface area contributed by atoms with Gasteiger partial charge in [0, 0.05) is 17.8 Å². The Morgan fingerprint density at radius 2 is 1.76 bits per heavy atom. The number of hydrogen-bond donors (Lipinski definition) is 1. The number of carbonyl (C=O) groups is 1. The van der Waals surface area contributed by atoms with Crippen LogP contribution in [-0.2, 0) is 0 Å². The van der Waals surface area contributed by atoms with Crippen molar-refractivity contribution in [3.05, 3.63) is 60.2 Å². The lowest BCUT2D eigenvalue weighted by molar-refractivity contribution is 0.0999. The fourth-order valence-corrected chi connectivity index (χ4v) is 2.04. The first-order chi connectivity index (χ1) is 10.2. The molecule has 2 rings (SSSR count). The van der Waals surface area contributed by atoms with Crippen LogP contribution < -0.4 is 4.90 Å². The van der Waals surface area contributed by atoms with Crippen LogP contribution in [-0.4, -0.2) is 24.0 Å². The van der Waals surface area contributed by atoms with Crippen molar-refractivity contribution in [2.45, 2.75) is 6.42 Å². The molecular weight excluding hydrogens is 264 g/mol. The van der Waals surface area contributed by atoms with Gasteiger partial charge in [0.05, 0.1) is 19.0 Å². The third kappa shape index (κ3) is 4.08. The van der Waals surface area contributed by atoms with Gasteiger partial charge >= 0.3 is 0 Å². The molecule has 21 heavy (non-hydrogen) atoms. The smallest absolute Gasteiger partial charge is 0.182 e. The van der Waals surface area contributed by atoms with E-state index in [0.29, 0.717) is 18.5 Å². The number of nitrogens with zero attached hydrogens (tertiary/aromatic N) is 2. The van der Waals surface area contributed by atoms with E-state index in [1.165, 1.54) is 12.1 Å². The molecule has 0 saturated carbocycles. The molecule has 0 bridgehead atoms. The SMILES string of the molecule is N#CCCN(CC(=O)c1ccc(O)cc1)c1ccccc1. The highest BCUT2D eigenvalue weighted by Gasteiger charge is 2.13. The molecule has 4 heteroatoms. The predicted molar refractivity (Wildman–Crippen MR) is 81.3 cm³/mol. The lowest BCUT2D eigenvalue weighted by atomic mass is 10.1. The van der Waals surface area contributed by atoms with E-state index in [4.69, 9.17) is 5.26 Å². The Bertz CT molecular complexity index is 630. The highest BCUT2D eigenvalue weighted by molar-refractivity contribution is 5.99. The number of nitriles is 1. The minimum Gasteiger partial charge on any atom is -0.508 e. The first-order valence-corrected chi connectivity index (χ1v) is 6.70. The molecule has 0 amide bonds. The Morgan fingerprint density at radius 1 is 1.10 bits per heavy atom. The number of phenols is 1. The third-order valence-corrected chi connectivity index (χ3v) is 3.14. The fourth-order valence-electron chi connectivity index (χ4n) is 2.04. The molecule has 0 saturated heterocycles. The van der Waals surface area contributed by atoms with Crippen molar-refractivity contribution in [1.82, 2.24) is 0 Å². The first-order valence-electron chi connectivity index (χ1n) is 6.70. The van der Waals surface area contributed by atoms with E-state index in [1.54, 1.807) is 12.1 Å². The molecule has 0 atom stereocenters. The van der Waals surface area contributed by atoms with Crippen molar-refractivity contribution in [3.8, 4) is 11.8 Å². The van der Waals surface area contributed by atoms with Crippen molar-refractivity contribution in [2.24, 2.45) is 0 Å². The topological polar surface area (TPSA) is 64.3 Å². The summed E-state index contributed by atoms with van der Waals surface area (Å²) in [4.78, 5) is 14.2. The Hall–Kier alpha value is -2.80. The highest BCUT2D eigenvalue weighted by Crippen LogP contribution is 2.16. The monoisotopic (exact) mass is 280 g/mol. The summed E-state index contributed by atoms with van der Waals surface area (Å²) in [6.45, 7) is 0.709. The second-order valence-corrected chi connectivity index (χ2v) is 4.64. The van der Waals surface area contributed by atoms with Crippen LogP contribution in [0, 0.1) is 11.3 Å². The number of Topliss-reactive ketones (excluding diaryl/α,β-unsaturated/α-hetero) is 1. The number of phenolic OH excluding ortho intramolecular Hbond substituents is 1. The van der Waals surface area contributed by atoms with Crippen molar-refractivity contribution in [1.29, 1.82) is 5.26 Å². The lowest BCUT2D eigenvalue weighted by Gasteiger charge is -2.23. The minimum absolute atomic E-state index is 0.0446. The molecule has 0 radical (unpaired) electrons. The summed E-state index contributed by atoms with van der Waals surface area (Å²) in [5.74, 6) is 0.0905. The summed E-state index contributed by atoms with van der Waals surface area (Å²) in [5.41, 5.74) is 1.46. The maximum Gasteiger partial charge on any atom is 0.182 e. The standard InChI is InChI=1S/C17H16N2O2/c18-11-4-12-19(15-5-2-1-3-6-15)13-17(21)14-7-9-16(20)10-8-14/h1-3,5-10,20H,4,12-13H2. The summed E-state index contributed by atoms with van der Waals surface area (Å²) in [6, 6.07) is 17.8. The van der Waals surface area contributed by atoms with Gasteiger partial charge < -0.3 is 10.0 Å². The van der Waals surface area contributed by atoms with Crippen molar-refractivity contribution < 1.29 is 9.90 Å². The number of benzene rings is 2. The van der Waals surface area contributed by atoms with Gasteiger partial charge in [-0.15, -0.1) is 0 Å². The van der Waals surface area contributed by atoms with Crippen LogP contribution in [0.1, 0.15) is 16.8 Å². The van der Waals surface area contributed by atoms with Crippen LogP contribution >= 0.6 is 0 Å². The van der Waals surface area contributed by atoms with Crippen molar-refractivity contribution >= 4 is 11.5 Å². The summed E-state index contributed by atoms with van der Waals surface area (Å²) in [5, 5.41) is 18.0. The molecule has 4 nitrogen and oxygen atoms in total. The highest BCUT2D eigenvalue weighted by atomic mass is 16.3. The Morgan fingerprint density at radius 3 is 2.38 bits per heavy atom. The van der Waals surface area contributed by atoms with Crippen molar-refractivity contribution in [3.63, 3.8) is 0 Å². The lowest BCUT2D eigenvalue weighted by Crippen LogP contribution is -2.30. The molecule has 0 heterocycles. The second kappa shape index (κ2) is 7.11. The fraction of sp³-hybridized carbons (Fsp3) is 0.176. The van der Waals surface area contributed by atoms with E-state index >= 15 is 0 Å². The summed E-state index contributed by atoms with van der Waals surface area (Å²) >= 11 is 0. The van der Waals surface area contributed by atoms with E-state index in [0.717, 1.165) is 5.69 Å². The molecule has 0 aliphatic heterocycles. The number of hydrogen-bond acceptors (Lipinski definition) is 4. The van der Waals surface area contributed by atoms with Crippen molar-refractivity contribution in [2.75, 3.05) is 18.0 Å². The predicted octanol–water partition coefficient (Wildman–Crippen LogP) is 3.00. The van der Waals surface area contributed by atoms with Gasteiger partial charge in [-0.1, -0.05) is 18.2 Å². The average molecular weight is 280 g/mol. The molecule has 2 aromatic rings. The van der Waals surface area contributed by atoms with Crippen LogP contribution in [0.15, 0.2) is 54.6 Å². The van der Waals surface area contributed by atoms with Crippen LogP contribution in [0.4, 0.5) is 5.69 Å². The number of anilines is 1. The van der Waals surface area contributed by atoms with Crippen LogP contribution in [0.2, 0.25) is 0 Å². The van der Waals surface area contributed by atoms with Gasteiger partial charge in [-0.2, -0.15) is 5.26 Å². The van der Waals surface area contributed by atoms with E-state index in [1.807, 2.05) is 35.2 Å². The average Bonchev–Trinajstić information content (AvgIpc) is 2.52. The summed E-state index contributed by atoms with van der Waals surface area (Å²) in [6.07, 6.45) is 0.359. The normalized spacial score (nSPS) is 9.86. The third-order valence-electron chi connectivity index (χ3n) is 3.14. The van der Waals surface area contributed by atoms with E-state index < -0.39 is 0 Å². The molecule has 0 fully saturated rings. The number of ketones is 1. The van der Waals surface area contributed by atoms with Gasteiger partial charge in [0.25, 0.3) is 0 Å². The van der Waals surface area contributed by atoms with Gasteiger partial charge in [0.2, 0.25) is 0 Å². The summed E-state index contributed by atoms with van der Waals surface area (Å²) < 4.78 is 0. The quantitative estimate of drug-likeness (QED) is 0.826. The largest absolute Gasteiger partial charge is 0.508 e. The summed E-state index contributed by atoms with van der Waals surface area (Å²) in [7, 11) is 0. The second-order valence-electron chi connectivity index (χ2n) is 4.64. The van der Waals surface area contributed by atoms with Gasteiger partial charge in [0.1, 0.15) is 5.75 Å². The zero-order valence-electron chi connectivity index (χ0n) is 11.6. The van der Waals surface area contributed by atoms with E-state index in [-0.39, 0.29) is 18.1 Å². The molecule has 0 aliphatic carbocycles. The number of aromatic hydroxyl groups is 1. The van der Waals surface area contributed by atoms with Crippen LogP contribution in [0.5, 0.6) is 5.75 Å². The molecule has 0 aromatic heterocycles. The maximum atomic E-state index is 12.3. The van der Waals surface area contributed by atoms with Crippen LogP contribution in [0.3, 0.4) is 0 Å². The molecular formula is C17H16N2O2. The van der Waals surface area contributed by atoms with Gasteiger partial charge in [-0.05, 0) is 36.4 Å². The molecule has 0 unspecified atom stereocenters. The zero-order chi connectivity index (χ0) is 15.1. The number of carbonyl (C=O) groups excluding carboxylic acids is 1. The van der Waals surface area contributed by atoms with Gasteiger partial charge in [-0.3, -0.25) is 4.79 Å². The van der Waals surface area contributed by atoms with Gasteiger partial charge in [0.15, 0.2) is 5.78 Å².